The van der Waals surface area contributed by atoms with Gasteiger partial charge >= 0.3 is 6.09 Å². The zero-order chi connectivity index (χ0) is 20.0. The summed E-state index contributed by atoms with van der Waals surface area (Å²) in [6, 6.07) is 1.36. The van der Waals surface area contributed by atoms with Crippen molar-refractivity contribution in [2.24, 2.45) is 10.9 Å². The first kappa shape index (κ1) is 21.8. The van der Waals surface area contributed by atoms with Gasteiger partial charge in [0.05, 0.1) is 0 Å². The summed E-state index contributed by atoms with van der Waals surface area (Å²) in [5.41, 5.74) is -0.464. The van der Waals surface area contributed by atoms with E-state index in [0.717, 1.165) is 18.5 Å². The average Bonchev–Trinajstić information content (AvgIpc) is 3.42. The molecule has 0 aromatic rings. The van der Waals surface area contributed by atoms with E-state index in [2.05, 4.69) is 27.4 Å². The van der Waals surface area contributed by atoms with E-state index in [4.69, 9.17) is 4.74 Å². The monoisotopic (exact) mass is 381 g/mol. The standard InChI is InChI=1S/C20H39N5O2/c1-15(14-24(6)19(26)27-20(2,3)4)13-22-18(21-5)23-16-9-11-25(12-10-16)17-7-8-17/h15-17H,7-14H2,1-6H3,(H2,21,22,23). The first-order chi connectivity index (χ1) is 12.7. The largest absolute Gasteiger partial charge is 0.444 e. The fourth-order valence-electron chi connectivity index (χ4n) is 3.45. The minimum absolute atomic E-state index is 0.278. The van der Waals surface area contributed by atoms with E-state index in [9.17, 15) is 4.79 Å². The fourth-order valence-corrected chi connectivity index (χ4v) is 3.45. The first-order valence-corrected chi connectivity index (χ1v) is 10.3. The third-order valence-electron chi connectivity index (χ3n) is 5.07. The highest BCUT2D eigenvalue weighted by Gasteiger charge is 2.32. The predicted octanol–water partition coefficient (Wildman–Crippen LogP) is 2.28. The number of aliphatic imine (C=N–C) groups is 1. The summed E-state index contributed by atoms with van der Waals surface area (Å²) in [4.78, 5) is 20.7. The van der Waals surface area contributed by atoms with E-state index in [1.54, 1.807) is 11.9 Å². The SMILES string of the molecule is CN=C(NCC(C)CN(C)C(=O)OC(C)(C)C)NC1CCN(C2CC2)CC1. The van der Waals surface area contributed by atoms with Gasteiger partial charge in [-0.25, -0.2) is 4.79 Å². The molecule has 1 aliphatic heterocycles. The second-order valence-electron chi connectivity index (χ2n) is 9.10. The number of carbonyl (C=O) groups excluding carboxylic acids is 1. The maximum atomic E-state index is 12.1. The highest BCUT2D eigenvalue weighted by atomic mass is 16.6. The van der Waals surface area contributed by atoms with Gasteiger partial charge in [-0.15, -0.1) is 0 Å². The van der Waals surface area contributed by atoms with Crippen LogP contribution < -0.4 is 10.6 Å². The number of guanidine groups is 1. The molecule has 1 heterocycles. The Kier molecular flexibility index (Phi) is 7.77. The van der Waals surface area contributed by atoms with Crippen molar-refractivity contribution in [2.75, 3.05) is 40.3 Å². The summed E-state index contributed by atoms with van der Waals surface area (Å²) in [5.74, 6) is 1.14. The summed E-state index contributed by atoms with van der Waals surface area (Å²) < 4.78 is 5.40. The van der Waals surface area contributed by atoms with E-state index < -0.39 is 5.60 Å². The maximum absolute atomic E-state index is 12.1. The molecule has 7 heteroatoms. The van der Waals surface area contributed by atoms with Crippen molar-refractivity contribution in [1.29, 1.82) is 0 Å². The number of hydrogen-bond acceptors (Lipinski definition) is 4. The number of likely N-dealkylation sites (tertiary alicyclic amines) is 1. The van der Waals surface area contributed by atoms with E-state index in [1.165, 1.54) is 38.8 Å². The normalized spacial score (nSPS) is 20.9. The molecule has 1 atom stereocenters. The minimum Gasteiger partial charge on any atom is -0.444 e. The topological polar surface area (TPSA) is 69.2 Å². The molecular weight excluding hydrogens is 342 g/mol. The van der Waals surface area contributed by atoms with Gasteiger partial charge in [0, 0.05) is 52.4 Å². The molecule has 2 rings (SSSR count). The molecule has 2 fully saturated rings. The van der Waals surface area contributed by atoms with Crippen LogP contribution in [0.1, 0.15) is 53.4 Å². The average molecular weight is 382 g/mol. The van der Waals surface area contributed by atoms with E-state index in [1.807, 2.05) is 27.8 Å². The Labute approximate surface area is 164 Å². The van der Waals surface area contributed by atoms with Crippen LogP contribution in [0.3, 0.4) is 0 Å². The molecule has 2 N–H and O–H groups in total. The number of carbonyl (C=O) groups is 1. The van der Waals surface area contributed by atoms with E-state index in [-0.39, 0.29) is 12.0 Å². The highest BCUT2D eigenvalue weighted by molar-refractivity contribution is 5.80. The van der Waals surface area contributed by atoms with Gasteiger partial charge < -0.3 is 25.2 Å². The van der Waals surface area contributed by atoms with E-state index >= 15 is 0 Å². The molecule has 7 nitrogen and oxygen atoms in total. The lowest BCUT2D eigenvalue weighted by molar-refractivity contribution is 0.0278. The summed E-state index contributed by atoms with van der Waals surface area (Å²) >= 11 is 0. The summed E-state index contributed by atoms with van der Waals surface area (Å²) in [6.07, 6.45) is 4.84. The van der Waals surface area contributed by atoms with Gasteiger partial charge in [-0.05, 0) is 52.4 Å². The molecule has 1 saturated carbocycles. The van der Waals surface area contributed by atoms with Crippen molar-refractivity contribution in [3.63, 3.8) is 0 Å². The van der Waals surface area contributed by atoms with Crippen LogP contribution in [0.25, 0.3) is 0 Å². The molecule has 1 unspecified atom stereocenters. The van der Waals surface area contributed by atoms with Crippen LogP contribution in [0.15, 0.2) is 4.99 Å². The Hall–Kier alpha value is -1.50. The minimum atomic E-state index is -0.464. The number of ether oxygens (including phenoxy) is 1. The smallest absolute Gasteiger partial charge is 0.410 e. The molecular formula is C20H39N5O2. The molecule has 0 bridgehead atoms. The Morgan fingerprint density at radius 3 is 2.41 bits per heavy atom. The summed E-state index contributed by atoms with van der Waals surface area (Å²) in [7, 11) is 3.59. The van der Waals surface area contributed by atoms with Crippen molar-refractivity contribution in [1.82, 2.24) is 20.4 Å². The van der Waals surface area contributed by atoms with Crippen LogP contribution in [0, 0.1) is 5.92 Å². The lowest BCUT2D eigenvalue weighted by atomic mass is 10.1. The zero-order valence-corrected chi connectivity index (χ0v) is 18.0. The quantitative estimate of drug-likeness (QED) is 0.546. The molecule has 0 aromatic carbocycles. The van der Waals surface area contributed by atoms with Crippen LogP contribution >= 0.6 is 0 Å². The van der Waals surface area contributed by atoms with E-state index in [0.29, 0.717) is 12.6 Å². The highest BCUT2D eigenvalue weighted by Crippen LogP contribution is 2.29. The van der Waals surface area contributed by atoms with Crippen molar-refractivity contribution >= 4 is 12.1 Å². The lowest BCUT2D eigenvalue weighted by Crippen LogP contribution is -2.50. The van der Waals surface area contributed by atoms with Crippen molar-refractivity contribution in [3.05, 3.63) is 0 Å². The predicted molar refractivity (Wildman–Crippen MR) is 110 cm³/mol. The van der Waals surface area contributed by atoms with Gasteiger partial charge in [-0.1, -0.05) is 6.92 Å². The summed E-state index contributed by atoms with van der Waals surface area (Å²) in [5, 5.41) is 6.96. The Morgan fingerprint density at radius 2 is 1.89 bits per heavy atom. The molecule has 0 radical (unpaired) electrons. The van der Waals surface area contributed by atoms with Crippen molar-refractivity contribution < 1.29 is 9.53 Å². The van der Waals surface area contributed by atoms with Crippen LogP contribution in [0.4, 0.5) is 4.79 Å². The molecule has 27 heavy (non-hydrogen) atoms. The summed E-state index contributed by atoms with van der Waals surface area (Å²) in [6.45, 7) is 11.5. The van der Waals surface area contributed by atoms with Gasteiger partial charge in [-0.2, -0.15) is 0 Å². The number of hydrogen-bond donors (Lipinski definition) is 2. The van der Waals surface area contributed by atoms with Crippen LogP contribution in [0.5, 0.6) is 0 Å². The number of nitrogens with zero attached hydrogens (tertiary/aromatic N) is 3. The molecule has 1 aliphatic carbocycles. The number of piperidine rings is 1. The molecule has 156 valence electrons. The number of amides is 1. The molecule has 2 aliphatic rings. The second kappa shape index (κ2) is 9.62. The Bertz CT molecular complexity index is 505. The van der Waals surface area contributed by atoms with Crippen molar-refractivity contribution in [2.45, 2.75) is 71.1 Å². The zero-order valence-electron chi connectivity index (χ0n) is 18.0. The Balaban J connectivity index is 1.66. The van der Waals surface area contributed by atoms with Crippen LogP contribution in [0.2, 0.25) is 0 Å². The van der Waals surface area contributed by atoms with Crippen molar-refractivity contribution in [3.8, 4) is 0 Å². The molecule has 1 amide bonds. The van der Waals surface area contributed by atoms with Gasteiger partial charge in [0.2, 0.25) is 0 Å². The van der Waals surface area contributed by atoms with Crippen LogP contribution in [-0.4, -0.2) is 79.8 Å². The number of nitrogens with one attached hydrogen (secondary N) is 2. The first-order valence-electron chi connectivity index (χ1n) is 10.3. The fraction of sp³-hybridized carbons (Fsp3) is 0.900. The third-order valence-corrected chi connectivity index (χ3v) is 5.07. The maximum Gasteiger partial charge on any atom is 0.410 e. The molecule has 1 saturated heterocycles. The molecule has 0 spiro atoms. The van der Waals surface area contributed by atoms with Gasteiger partial charge in [0.1, 0.15) is 5.60 Å². The number of rotatable bonds is 6. The lowest BCUT2D eigenvalue weighted by Gasteiger charge is -2.33. The van der Waals surface area contributed by atoms with Crippen LogP contribution in [-0.2, 0) is 4.74 Å². The van der Waals surface area contributed by atoms with Gasteiger partial charge in [0.25, 0.3) is 0 Å². The molecule has 0 aromatic heterocycles. The second-order valence-corrected chi connectivity index (χ2v) is 9.10. The van der Waals surface area contributed by atoms with Gasteiger partial charge in [0.15, 0.2) is 5.96 Å². The Morgan fingerprint density at radius 1 is 1.26 bits per heavy atom. The van der Waals surface area contributed by atoms with Gasteiger partial charge in [-0.3, -0.25) is 4.99 Å². The third kappa shape index (κ3) is 7.95.